The predicted molar refractivity (Wildman–Crippen MR) is 76.2 cm³/mol. The molecule has 0 radical (unpaired) electrons. The number of nitrogens with one attached hydrogen (secondary N) is 1. The van der Waals surface area contributed by atoms with E-state index >= 15 is 0 Å². The van der Waals surface area contributed by atoms with Crippen molar-refractivity contribution < 1.29 is 9.59 Å². The number of carbonyl (C=O) groups excluding carboxylic acids is 2. The minimum absolute atomic E-state index is 0.105. The molecular formula is C16H20N2O2. The Hall–Kier alpha value is -1.84. The highest BCUT2D eigenvalue weighted by molar-refractivity contribution is 5.80. The van der Waals surface area contributed by atoms with E-state index in [-0.39, 0.29) is 17.9 Å². The molecule has 106 valence electrons. The Labute approximate surface area is 119 Å². The molecule has 0 spiro atoms. The van der Waals surface area contributed by atoms with E-state index in [2.05, 4.69) is 17.4 Å². The molecule has 3 rings (SSSR count). The van der Waals surface area contributed by atoms with Gasteiger partial charge in [-0.3, -0.25) is 9.59 Å². The van der Waals surface area contributed by atoms with Crippen LogP contribution < -0.4 is 5.32 Å². The molecular weight excluding hydrogens is 252 g/mol. The van der Waals surface area contributed by atoms with E-state index in [1.165, 1.54) is 5.56 Å². The van der Waals surface area contributed by atoms with Gasteiger partial charge in [-0.15, -0.1) is 0 Å². The molecule has 2 unspecified atom stereocenters. The first-order valence-corrected chi connectivity index (χ1v) is 7.35. The molecule has 4 nitrogen and oxygen atoms in total. The number of rotatable bonds is 2. The van der Waals surface area contributed by atoms with Crippen LogP contribution in [-0.4, -0.2) is 35.8 Å². The second kappa shape index (κ2) is 5.65. The second-order valence-electron chi connectivity index (χ2n) is 5.68. The average molecular weight is 272 g/mol. The van der Waals surface area contributed by atoms with Crippen LogP contribution in [0, 0.1) is 0 Å². The fourth-order valence-corrected chi connectivity index (χ4v) is 3.23. The molecule has 1 N–H and O–H groups in total. The van der Waals surface area contributed by atoms with Gasteiger partial charge in [0.1, 0.15) is 0 Å². The fourth-order valence-electron chi connectivity index (χ4n) is 3.23. The summed E-state index contributed by atoms with van der Waals surface area (Å²) in [5.41, 5.74) is 1.26. The number of nitrogens with zero attached hydrogens (tertiary/aromatic N) is 1. The van der Waals surface area contributed by atoms with E-state index in [0.29, 0.717) is 25.3 Å². The molecule has 2 heterocycles. The van der Waals surface area contributed by atoms with Crippen molar-refractivity contribution in [3.63, 3.8) is 0 Å². The summed E-state index contributed by atoms with van der Waals surface area (Å²) in [5, 5.41) is 2.86. The molecule has 2 amide bonds. The predicted octanol–water partition coefficient (Wildman–Crippen LogP) is 1.67. The number of piperidine rings is 2. The van der Waals surface area contributed by atoms with Gasteiger partial charge in [0.25, 0.3) is 0 Å². The molecule has 0 bridgehead atoms. The third-order valence-corrected chi connectivity index (χ3v) is 4.41. The Morgan fingerprint density at radius 1 is 1.10 bits per heavy atom. The summed E-state index contributed by atoms with van der Waals surface area (Å²) in [6, 6.07) is 10.5. The maximum Gasteiger partial charge on any atom is 0.223 e. The van der Waals surface area contributed by atoms with Crippen molar-refractivity contribution in [3.05, 3.63) is 35.9 Å². The van der Waals surface area contributed by atoms with Crippen LogP contribution in [0.4, 0.5) is 0 Å². The van der Waals surface area contributed by atoms with E-state index in [9.17, 15) is 9.59 Å². The van der Waals surface area contributed by atoms with Gasteiger partial charge >= 0.3 is 0 Å². The Kier molecular flexibility index (Phi) is 3.72. The zero-order chi connectivity index (χ0) is 13.9. The fraction of sp³-hybridized carbons (Fsp3) is 0.500. The van der Waals surface area contributed by atoms with Gasteiger partial charge in [0.05, 0.1) is 0 Å². The van der Waals surface area contributed by atoms with Crippen molar-refractivity contribution in [2.45, 2.75) is 37.6 Å². The summed E-state index contributed by atoms with van der Waals surface area (Å²) in [7, 11) is 0. The lowest BCUT2D eigenvalue weighted by Gasteiger charge is -2.39. The highest BCUT2D eigenvalue weighted by Crippen LogP contribution is 2.30. The van der Waals surface area contributed by atoms with Crippen LogP contribution in [0.5, 0.6) is 0 Å². The van der Waals surface area contributed by atoms with E-state index in [0.717, 1.165) is 19.4 Å². The van der Waals surface area contributed by atoms with Crippen LogP contribution in [0.3, 0.4) is 0 Å². The summed E-state index contributed by atoms with van der Waals surface area (Å²) in [6.45, 7) is 1.42. The van der Waals surface area contributed by atoms with Crippen LogP contribution >= 0.6 is 0 Å². The van der Waals surface area contributed by atoms with E-state index < -0.39 is 0 Å². The molecule has 4 heteroatoms. The van der Waals surface area contributed by atoms with Gasteiger partial charge in [0, 0.05) is 32.0 Å². The SMILES string of the molecule is O=C1CCC(N2CCC(c3ccccc3)CC2=O)CN1. The largest absolute Gasteiger partial charge is 0.354 e. The third-order valence-electron chi connectivity index (χ3n) is 4.41. The number of carbonyl (C=O) groups is 2. The van der Waals surface area contributed by atoms with Crippen LogP contribution in [0.1, 0.15) is 37.2 Å². The standard InChI is InChI=1S/C16H20N2O2/c19-15-7-6-14(11-17-15)18-9-8-13(10-16(18)20)12-4-2-1-3-5-12/h1-5,13-14H,6-11H2,(H,17,19). The van der Waals surface area contributed by atoms with Gasteiger partial charge < -0.3 is 10.2 Å². The maximum atomic E-state index is 12.4. The Morgan fingerprint density at radius 3 is 2.55 bits per heavy atom. The first kappa shape index (κ1) is 13.2. The Morgan fingerprint density at radius 2 is 1.90 bits per heavy atom. The third kappa shape index (κ3) is 2.69. The van der Waals surface area contributed by atoms with Gasteiger partial charge in [0.2, 0.25) is 11.8 Å². The second-order valence-corrected chi connectivity index (χ2v) is 5.68. The van der Waals surface area contributed by atoms with Crippen molar-refractivity contribution in [2.24, 2.45) is 0 Å². The van der Waals surface area contributed by atoms with Crippen LogP contribution in [0.25, 0.3) is 0 Å². The van der Waals surface area contributed by atoms with Crippen molar-refractivity contribution in [1.82, 2.24) is 10.2 Å². The van der Waals surface area contributed by atoms with Crippen LogP contribution in [0.15, 0.2) is 30.3 Å². The first-order valence-electron chi connectivity index (χ1n) is 7.35. The van der Waals surface area contributed by atoms with Crippen molar-refractivity contribution in [1.29, 1.82) is 0 Å². The topological polar surface area (TPSA) is 49.4 Å². The first-order chi connectivity index (χ1) is 9.74. The summed E-state index contributed by atoms with van der Waals surface area (Å²) in [5.74, 6) is 0.678. The number of likely N-dealkylation sites (tertiary alicyclic amines) is 1. The zero-order valence-electron chi connectivity index (χ0n) is 11.5. The summed E-state index contributed by atoms with van der Waals surface area (Å²) in [6.07, 6.45) is 2.94. The molecule has 0 saturated carbocycles. The van der Waals surface area contributed by atoms with Gasteiger partial charge in [-0.05, 0) is 24.3 Å². The minimum atomic E-state index is 0.105. The number of amides is 2. The molecule has 0 aliphatic carbocycles. The normalized spacial score (nSPS) is 27.3. The highest BCUT2D eigenvalue weighted by Gasteiger charge is 2.33. The summed E-state index contributed by atoms with van der Waals surface area (Å²) >= 11 is 0. The van der Waals surface area contributed by atoms with Crippen molar-refractivity contribution >= 4 is 11.8 Å². The molecule has 2 fully saturated rings. The van der Waals surface area contributed by atoms with E-state index in [1.54, 1.807) is 0 Å². The number of benzene rings is 1. The molecule has 0 aromatic heterocycles. The molecule has 2 atom stereocenters. The highest BCUT2D eigenvalue weighted by atomic mass is 16.2. The Bertz CT molecular complexity index is 490. The van der Waals surface area contributed by atoms with Gasteiger partial charge in [-0.2, -0.15) is 0 Å². The lowest BCUT2D eigenvalue weighted by molar-refractivity contribution is -0.138. The van der Waals surface area contributed by atoms with E-state index in [4.69, 9.17) is 0 Å². The lowest BCUT2D eigenvalue weighted by atomic mass is 9.88. The summed E-state index contributed by atoms with van der Waals surface area (Å²) < 4.78 is 0. The minimum Gasteiger partial charge on any atom is -0.354 e. The smallest absolute Gasteiger partial charge is 0.223 e. The molecule has 1 aromatic carbocycles. The lowest BCUT2D eigenvalue weighted by Crippen LogP contribution is -2.52. The van der Waals surface area contributed by atoms with Gasteiger partial charge in [-0.1, -0.05) is 30.3 Å². The zero-order valence-corrected chi connectivity index (χ0v) is 11.5. The molecule has 20 heavy (non-hydrogen) atoms. The van der Waals surface area contributed by atoms with Gasteiger partial charge in [-0.25, -0.2) is 0 Å². The van der Waals surface area contributed by atoms with Crippen LogP contribution in [0.2, 0.25) is 0 Å². The van der Waals surface area contributed by atoms with Crippen molar-refractivity contribution in [2.75, 3.05) is 13.1 Å². The maximum absolute atomic E-state index is 12.4. The van der Waals surface area contributed by atoms with Crippen molar-refractivity contribution in [3.8, 4) is 0 Å². The monoisotopic (exact) mass is 272 g/mol. The van der Waals surface area contributed by atoms with E-state index in [1.807, 2.05) is 23.1 Å². The Balaban J connectivity index is 1.62. The quantitative estimate of drug-likeness (QED) is 0.890. The summed E-state index contributed by atoms with van der Waals surface area (Å²) in [4.78, 5) is 25.5. The molecule has 2 aliphatic rings. The molecule has 2 saturated heterocycles. The average Bonchev–Trinajstić information content (AvgIpc) is 2.49. The van der Waals surface area contributed by atoms with Gasteiger partial charge in [0.15, 0.2) is 0 Å². The number of hydrogen-bond donors (Lipinski definition) is 1. The van der Waals surface area contributed by atoms with Crippen LogP contribution in [-0.2, 0) is 9.59 Å². The molecule has 1 aromatic rings. The molecule has 2 aliphatic heterocycles. The number of hydrogen-bond acceptors (Lipinski definition) is 2.